The van der Waals surface area contributed by atoms with Crippen molar-refractivity contribution in [3.05, 3.63) is 54.6 Å². The lowest BCUT2D eigenvalue weighted by atomic mass is 9.85. The van der Waals surface area contributed by atoms with Crippen molar-refractivity contribution in [3.8, 4) is 0 Å². The number of amides is 1. The van der Waals surface area contributed by atoms with E-state index in [-0.39, 0.29) is 5.91 Å². The van der Waals surface area contributed by atoms with E-state index in [1.807, 2.05) is 30.9 Å². The number of likely N-dealkylation sites (tertiary alicyclic amines) is 1. The fourth-order valence-corrected chi connectivity index (χ4v) is 3.43. The molecule has 0 spiro atoms. The van der Waals surface area contributed by atoms with Gasteiger partial charge in [-0.1, -0.05) is 30.3 Å². The predicted octanol–water partition coefficient (Wildman–Crippen LogP) is 1.96. The summed E-state index contributed by atoms with van der Waals surface area (Å²) >= 11 is 0. The van der Waals surface area contributed by atoms with Gasteiger partial charge in [0.25, 0.3) is 0 Å². The van der Waals surface area contributed by atoms with E-state index >= 15 is 0 Å². The molecular weight excluding hydrogens is 288 g/mol. The lowest BCUT2D eigenvalue weighted by Gasteiger charge is -2.42. The highest BCUT2D eigenvalue weighted by atomic mass is 16.2. The van der Waals surface area contributed by atoms with Gasteiger partial charge in [0, 0.05) is 46.1 Å². The second-order valence-electron chi connectivity index (χ2n) is 6.46. The number of hydrogen-bond donors (Lipinski definition) is 0. The Labute approximate surface area is 137 Å². The summed E-state index contributed by atoms with van der Waals surface area (Å²) in [6, 6.07) is 10.5. The Bertz CT molecular complexity index is 628. The van der Waals surface area contributed by atoms with Crippen LogP contribution >= 0.6 is 0 Å². The molecule has 3 rings (SSSR count). The highest BCUT2D eigenvalue weighted by Crippen LogP contribution is 2.32. The molecular formula is C18H24N4O. The Morgan fingerprint density at radius 2 is 1.91 bits per heavy atom. The second-order valence-corrected chi connectivity index (χ2v) is 6.46. The molecule has 0 saturated carbocycles. The molecule has 5 nitrogen and oxygen atoms in total. The highest BCUT2D eigenvalue weighted by Gasteiger charge is 2.43. The highest BCUT2D eigenvalue weighted by molar-refractivity contribution is 5.84. The minimum Gasteiger partial charge on any atom is -0.347 e. The summed E-state index contributed by atoms with van der Waals surface area (Å²) in [4.78, 5) is 21.1. The van der Waals surface area contributed by atoms with E-state index in [2.05, 4.69) is 34.1 Å². The molecule has 0 bridgehead atoms. The van der Waals surface area contributed by atoms with Crippen LogP contribution in [-0.2, 0) is 16.9 Å². The third kappa shape index (κ3) is 3.15. The molecule has 1 aliphatic rings. The van der Waals surface area contributed by atoms with E-state index in [4.69, 9.17) is 0 Å². The average Bonchev–Trinajstić information content (AvgIpc) is 3.11. The minimum atomic E-state index is -0.493. The number of benzene rings is 1. The predicted molar refractivity (Wildman–Crippen MR) is 89.8 cm³/mol. The van der Waals surface area contributed by atoms with Gasteiger partial charge in [0.15, 0.2) is 0 Å². The standard InChI is InChI=1S/C18H24N4O/c1-20(2)17(23)18(22-13-10-19-15-22)8-11-21(12-9-18)14-16-6-4-3-5-7-16/h3-7,10,13,15H,8-9,11-12,14H2,1-2H3. The zero-order valence-electron chi connectivity index (χ0n) is 13.9. The summed E-state index contributed by atoms with van der Waals surface area (Å²) in [5.74, 6) is 0.162. The van der Waals surface area contributed by atoms with Crippen LogP contribution in [0.25, 0.3) is 0 Å². The molecule has 1 aromatic carbocycles. The van der Waals surface area contributed by atoms with Crippen LogP contribution in [0.4, 0.5) is 0 Å². The number of carbonyl (C=O) groups is 1. The summed E-state index contributed by atoms with van der Waals surface area (Å²) in [5.41, 5.74) is 0.828. The van der Waals surface area contributed by atoms with E-state index in [0.717, 1.165) is 32.5 Å². The first-order valence-electron chi connectivity index (χ1n) is 8.08. The molecule has 0 aliphatic carbocycles. The molecule has 1 aliphatic heterocycles. The van der Waals surface area contributed by atoms with Gasteiger partial charge < -0.3 is 9.47 Å². The summed E-state index contributed by atoms with van der Waals surface area (Å²) < 4.78 is 2.00. The minimum absolute atomic E-state index is 0.162. The summed E-state index contributed by atoms with van der Waals surface area (Å²) in [7, 11) is 3.66. The Kier molecular flexibility index (Phi) is 4.48. The Balaban J connectivity index is 1.74. The fraction of sp³-hybridized carbons (Fsp3) is 0.444. The third-order valence-electron chi connectivity index (χ3n) is 4.74. The molecule has 1 aromatic heterocycles. The summed E-state index contributed by atoms with van der Waals surface area (Å²) in [5, 5.41) is 0. The molecule has 0 unspecified atom stereocenters. The van der Waals surface area contributed by atoms with Gasteiger partial charge in [0.1, 0.15) is 5.54 Å². The maximum absolute atomic E-state index is 12.8. The molecule has 1 amide bonds. The third-order valence-corrected chi connectivity index (χ3v) is 4.74. The van der Waals surface area contributed by atoms with Gasteiger partial charge in [-0.2, -0.15) is 0 Å². The van der Waals surface area contributed by atoms with Gasteiger partial charge in [-0.05, 0) is 18.4 Å². The van der Waals surface area contributed by atoms with Gasteiger partial charge in [0.2, 0.25) is 5.91 Å². The van der Waals surface area contributed by atoms with Gasteiger partial charge >= 0.3 is 0 Å². The number of rotatable bonds is 4. The van der Waals surface area contributed by atoms with Gasteiger partial charge in [0.05, 0.1) is 6.33 Å². The smallest absolute Gasteiger partial charge is 0.248 e. The molecule has 5 heteroatoms. The summed E-state index contributed by atoms with van der Waals surface area (Å²) in [6.07, 6.45) is 7.06. The van der Waals surface area contributed by atoms with Crippen LogP contribution in [0, 0.1) is 0 Å². The van der Waals surface area contributed by atoms with Crippen molar-refractivity contribution in [2.75, 3.05) is 27.2 Å². The van der Waals surface area contributed by atoms with Gasteiger partial charge in [-0.25, -0.2) is 4.98 Å². The second kappa shape index (κ2) is 6.54. The van der Waals surface area contributed by atoms with E-state index in [1.54, 1.807) is 17.4 Å². The quantitative estimate of drug-likeness (QED) is 0.866. The van der Waals surface area contributed by atoms with Crippen molar-refractivity contribution in [2.24, 2.45) is 0 Å². The van der Waals surface area contributed by atoms with Crippen molar-refractivity contribution in [3.63, 3.8) is 0 Å². The van der Waals surface area contributed by atoms with Crippen LogP contribution in [0.3, 0.4) is 0 Å². The van der Waals surface area contributed by atoms with E-state index < -0.39 is 5.54 Å². The molecule has 1 saturated heterocycles. The van der Waals surface area contributed by atoms with E-state index in [0.29, 0.717) is 0 Å². The monoisotopic (exact) mass is 312 g/mol. The zero-order chi connectivity index (χ0) is 16.3. The Morgan fingerprint density at radius 3 is 2.48 bits per heavy atom. The van der Waals surface area contributed by atoms with Crippen molar-refractivity contribution >= 4 is 5.91 Å². The first kappa shape index (κ1) is 15.7. The molecule has 0 N–H and O–H groups in total. The van der Waals surface area contributed by atoms with Crippen molar-refractivity contribution < 1.29 is 4.79 Å². The first-order chi connectivity index (χ1) is 11.1. The molecule has 122 valence electrons. The molecule has 0 atom stereocenters. The maximum atomic E-state index is 12.8. The average molecular weight is 312 g/mol. The van der Waals surface area contributed by atoms with E-state index in [9.17, 15) is 4.79 Å². The van der Waals surface area contributed by atoms with Crippen LogP contribution in [0.5, 0.6) is 0 Å². The van der Waals surface area contributed by atoms with Crippen molar-refractivity contribution in [1.82, 2.24) is 19.4 Å². The lowest BCUT2D eigenvalue weighted by Crippen LogP contribution is -2.54. The number of likely N-dealkylation sites (N-methyl/N-ethyl adjacent to an activating group) is 1. The lowest BCUT2D eigenvalue weighted by molar-refractivity contribution is -0.141. The molecule has 2 aromatic rings. The molecule has 23 heavy (non-hydrogen) atoms. The Morgan fingerprint density at radius 1 is 1.22 bits per heavy atom. The number of imidazole rings is 1. The van der Waals surface area contributed by atoms with Crippen LogP contribution in [-0.4, -0.2) is 52.4 Å². The van der Waals surface area contributed by atoms with Crippen molar-refractivity contribution in [1.29, 1.82) is 0 Å². The largest absolute Gasteiger partial charge is 0.347 e. The van der Waals surface area contributed by atoms with Gasteiger partial charge in [-0.15, -0.1) is 0 Å². The van der Waals surface area contributed by atoms with Crippen LogP contribution in [0.1, 0.15) is 18.4 Å². The first-order valence-corrected chi connectivity index (χ1v) is 8.08. The van der Waals surface area contributed by atoms with Crippen LogP contribution in [0.15, 0.2) is 49.1 Å². The number of nitrogens with zero attached hydrogens (tertiary/aromatic N) is 4. The maximum Gasteiger partial charge on any atom is 0.248 e. The van der Waals surface area contributed by atoms with E-state index in [1.165, 1.54) is 5.56 Å². The topological polar surface area (TPSA) is 41.4 Å². The number of carbonyl (C=O) groups excluding carboxylic acids is 1. The molecule has 2 heterocycles. The summed E-state index contributed by atoms with van der Waals surface area (Å²) in [6.45, 7) is 2.76. The van der Waals surface area contributed by atoms with Crippen LogP contribution < -0.4 is 0 Å². The van der Waals surface area contributed by atoms with Crippen LogP contribution in [0.2, 0.25) is 0 Å². The van der Waals surface area contributed by atoms with Gasteiger partial charge in [-0.3, -0.25) is 9.69 Å². The number of piperidine rings is 1. The van der Waals surface area contributed by atoms with Crippen molar-refractivity contribution in [2.45, 2.75) is 24.9 Å². The zero-order valence-corrected chi connectivity index (χ0v) is 13.9. The fourth-order valence-electron chi connectivity index (χ4n) is 3.43. The normalized spacial score (nSPS) is 17.8. The SMILES string of the molecule is CN(C)C(=O)C1(n2ccnc2)CCN(Cc2ccccc2)CC1. The molecule has 0 radical (unpaired) electrons. The molecule has 1 fully saturated rings. The number of aromatic nitrogens is 2. The number of hydrogen-bond acceptors (Lipinski definition) is 3. The Hall–Kier alpha value is -2.14.